The first-order chi connectivity index (χ1) is 12.5. The lowest BCUT2D eigenvalue weighted by Crippen LogP contribution is -2.55. The second-order valence-electron chi connectivity index (χ2n) is 8.99. The Balaban J connectivity index is 1.62. The van der Waals surface area contributed by atoms with Crippen molar-refractivity contribution < 1.29 is 16.8 Å². The average molecular weight is 432 g/mol. The van der Waals surface area contributed by atoms with E-state index in [9.17, 15) is 16.8 Å². The number of rotatable bonds is 5. The molecule has 0 saturated heterocycles. The van der Waals surface area contributed by atoms with Gasteiger partial charge in [-0.1, -0.05) is 11.6 Å². The lowest BCUT2D eigenvalue weighted by Gasteiger charge is -2.59. The van der Waals surface area contributed by atoms with Gasteiger partial charge in [0.2, 0.25) is 10.0 Å². The molecule has 150 valence electrons. The average Bonchev–Trinajstić information content (AvgIpc) is 2.52. The third-order valence-electron chi connectivity index (χ3n) is 6.96. The minimum Gasteiger partial charge on any atom is -0.224 e. The molecule has 4 fully saturated rings. The van der Waals surface area contributed by atoms with Crippen LogP contribution in [0.25, 0.3) is 0 Å². The van der Waals surface area contributed by atoms with Crippen LogP contribution in [0.2, 0.25) is 5.02 Å². The third-order valence-corrected chi connectivity index (χ3v) is 10.1. The molecule has 4 aliphatic rings. The van der Waals surface area contributed by atoms with Crippen molar-refractivity contribution in [3.8, 4) is 0 Å². The van der Waals surface area contributed by atoms with E-state index in [-0.39, 0.29) is 26.3 Å². The summed E-state index contributed by atoms with van der Waals surface area (Å²) in [5.74, 6) is 2.17. The van der Waals surface area contributed by atoms with Crippen molar-refractivity contribution in [1.82, 2.24) is 4.72 Å². The molecule has 0 heterocycles. The summed E-state index contributed by atoms with van der Waals surface area (Å²) in [7, 11) is -7.43. The van der Waals surface area contributed by atoms with Gasteiger partial charge >= 0.3 is 0 Å². The van der Waals surface area contributed by atoms with Gasteiger partial charge in [-0.25, -0.2) is 21.6 Å². The van der Waals surface area contributed by atoms with Crippen molar-refractivity contribution in [2.24, 2.45) is 23.2 Å². The van der Waals surface area contributed by atoms with Gasteiger partial charge < -0.3 is 0 Å². The maximum atomic E-state index is 13.0. The minimum absolute atomic E-state index is 0.0166. The van der Waals surface area contributed by atoms with Crippen LogP contribution >= 0.6 is 11.6 Å². The molecule has 4 saturated carbocycles. The van der Waals surface area contributed by atoms with E-state index in [1.165, 1.54) is 31.4 Å². The van der Waals surface area contributed by atoms with Crippen LogP contribution in [0.3, 0.4) is 0 Å². The van der Waals surface area contributed by atoms with Crippen LogP contribution in [0.5, 0.6) is 0 Å². The summed E-state index contributed by atoms with van der Waals surface area (Å²) in [6.45, 7) is 1.96. The molecule has 0 aliphatic heterocycles. The van der Waals surface area contributed by atoms with Crippen molar-refractivity contribution in [1.29, 1.82) is 0 Å². The molecule has 5 rings (SSSR count). The number of nitrogens with one attached hydrogen (secondary N) is 1. The Morgan fingerprint density at radius 3 is 2.04 bits per heavy atom. The Hall–Kier alpha value is -0.630. The van der Waals surface area contributed by atoms with E-state index < -0.39 is 19.9 Å². The van der Waals surface area contributed by atoms with Crippen molar-refractivity contribution in [2.45, 2.75) is 61.3 Å². The Kier molecular flexibility index (Phi) is 4.69. The van der Waals surface area contributed by atoms with Gasteiger partial charge in [0.25, 0.3) is 0 Å². The molecule has 1 aromatic carbocycles. The topological polar surface area (TPSA) is 80.3 Å². The minimum atomic E-state index is -3.91. The summed E-state index contributed by atoms with van der Waals surface area (Å²) >= 11 is 6.12. The van der Waals surface area contributed by atoms with E-state index in [2.05, 4.69) is 4.72 Å². The summed E-state index contributed by atoms with van der Waals surface area (Å²) < 4.78 is 52.6. The fourth-order valence-corrected chi connectivity index (χ4v) is 8.64. The van der Waals surface area contributed by atoms with Crippen LogP contribution in [-0.4, -0.2) is 29.1 Å². The van der Waals surface area contributed by atoms with Crippen LogP contribution < -0.4 is 4.72 Å². The maximum Gasteiger partial charge on any atom is 0.242 e. The SMILES string of the molecule is CC(NS(=O)(=O)c1cc(S(C)(=O)=O)ccc1Cl)C12CC3CC(CC(C3)C1)C2. The molecule has 4 bridgehead atoms. The molecule has 1 N–H and O–H groups in total. The Labute approximate surface area is 166 Å². The molecule has 1 unspecified atom stereocenters. The standard InChI is InChI=1S/C19H26ClNO4S2/c1-12(19-9-13-5-14(10-19)7-15(6-13)11-19)21-27(24,25)18-8-16(26(2,22)23)3-4-17(18)20/h3-4,8,12-15,21H,5-7,9-11H2,1-2H3. The van der Waals surface area contributed by atoms with E-state index in [4.69, 9.17) is 11.6 Å². The molecule has 0 amide bonds. The van der Waals surface area contributed by atoms with Crippen LogP contribution in [-0.2, 0) is 19.9 Å². The van der Waals surface area contributed by atoms with Gasteiger partial charge in [0, 0.05) is 12.3 Å². The molecule has 0 spiro atoms. The predicted octanol–water partition coefficient (Wildman–Crippen LogP) is 3.63. The normalized spacial score (nSPS) is 34.0. The van der Waals surface area contributed by atoms with Gasteiger partial charge in [-0.3, -0.25) is 0 Å². The first-order valence-corrected chi connectivity index (χ1v) is 13.3. The zero-order valence-electron chi connectivity index (χ0n) is 15.6. The molecule has 8 heteroatoms. The molecule has 4 aliphatic carbocycles. The number of halogens is 1. The molecule has 27 heavy (non-hydrogen) atoms. The largest absolute Gasteiger partial charge is 0.242 e. The third kappa shape index (κ3) is 3.56. The summed E-state index contributed by atoms with van der Waals surface area (Å²) in [5, 5.41) is 0.0348. The zero-order chi connectivity index (χ0) is 19.6. The molecule has 1 atom stereocenters. The fraction of sp³-hybridized carbons (Fsp3) is 0.684. The highest BCUT2D eigenvalue weighted by Gasteiger charge is 2.53. The summed E-state index contributed by atoms with van der Waals surface area (Å²) in [6.07, 6.45) is 8.18. The molecule has 0 aromatic heterocycles. The second-order valence-corrected chi connectivity index (χ2v) is 13.1. The first-order valence-electron chi connectivity index (χ1n) is 9.50. The van der Waals surface area contributed by atoms with E-state index in [1.54, 1.807) is 0 Å². The zero-order valence-corrected chi connectivity index (χ0v) is 18.0. The summed E-state index contributed by atoms with van der Waals surface area (Å²) in [6, 6.07) is 3.63. The van der Waals surface area contributed by atoms with Crippen molar-refractivity contribution in [3.05, 3.63) is 23.2 Å². The number of hydrogen-bond acceptors (Lipinski definition) is 4. The Morgan fingerprint density at radius 1 is 1.04 bits per heavy atom. The molecular formula is C19H26ClNO4S2. The van der Waals surface area contributed by atoms with Crippen LogP contribution in [0.15, 0.2) is 28.0 Å². The summed E-state index contributed by atoms with van der Waals surface area (Å²) in [4.78, 5) is -0.210. The summed E-state index contributed by atoms with van der Waals surface area (Å²) in [5.41, 5.74) is 0.0166. The van der Waals surface area contributed by atoms with E-state index >= 15 is 0 Å². The molecule has 0 radical (unpaired) electrons. The van der Waals surface area contributed by atoms with Gasteiger partial charge in [0.1, 0.15) is 4.90 Å². The smallest absolute Gasteiger partial charge is 0.224 e. The lowest BCUT2D eigenvalue weighted by atomic mass is 9.48. The molecule has 5 nitrogen and oxygen atoms in total. The highest BCUT2D eigenvalue weighted by Crippen LogP contribution is 2.61. The van der Waals surface area contributed by atoms with E-state index in [1.807, 2.05) is 6.92 Å². The predicted molar refractivity (Wildman–Crippen MR) is 105 cm³/mol. The van der Waals surface area contributed by atoms with E-state index in [0.717, 1.165) is 49.3 Å². The second kappa shape index (κ2) is 6.44. The lowest BCUT2D eigenvalue weighted by molar-refractivity contribution is -0.0666. The molecular weight excluding hydrogens is 406 g/mol. The Bertz CT molecular complexity index is 936. The van der Waals surface area contributed by atoms with Crippen molar-refractivity contribution >= 4 is 31.5 Å². The van der Waals surface area contributed by atoms with E-state index in [0.29, 0.717) is 0 Å². The maximum absolute atomic E-state index is 13.0. The van der Waals surface area contributed by atoms with Crippen LogP contribution in [0.1, 0.15) is 45.4 Å². The van der Waals surface area contributed by atoms with Gasteiger partial charge in [0.15, 0.2) is 9.84 Å². The monoisotopic (exact) mass is 431 g/mol. The fourth-order valence-electron chi connectivity index (χ4n) is 6.05. The van der Waals surface area contributed by atoms with Gasteiger partial charge in [-0.15, -0.1) is 0 Å². The van der Waals surface area contributed by atoms with Gasteiger partial charge in [-0.05, 0) is 86.8 Å². The first kappa shape index (κ1) is 19.7. The van der Waals surface area contributed by atoms with Crippen LogP contribution in [0, 0.1) is 23.2 Å². The van der Waals surface area contributed by atoms with Crippen LogP contribution in [0.4, 0.5) is 0 Å². The van der Waals surface area contributed by atoms with Crippen molar-refractivity contribution in [3.63, 3.8) is 0 Å². The Morgan fingerprint density at radius 2 is 1.56 bits per heavy atom. The van der Waals surface area contributed by atoms with Crippen molar-refractivity contribution in [2.75, 3.05) is 6.26 Å². The number of benzene rings is 1. The highest BCUT2D eigenvalue weighted by molar-refractivity contribution is 7.91. The highest BCUT2D eigenvalue weighted by atomic mass is 35.5. The molecule has 1 aromatic rings. The number of sulfone groups is 1. The number of hydrogen-bond donors (Lipinski definition) is 1. The van der Waals surface area contributed by atoms with Gasteiger partial charge in [0.05, 0.1) is 9.92 Å². The number of sulfonamides is 1. The van der Waals surface area contributed by atoms with Gasteiger partial charge in [-0.2, -0.15) is 0 Å². The quantitative estimate of drug-likeness (QED) is 0.771.